The van der Waals surface area contributed by atoms with Crippen molar-refractivity contribution in [2.45, 2.75) is 13.5 Å². The van der Waals surface area contributed by atoms with Crippen molar-refractivity contribution in [3.8, 4) is 11.5 Å². The number of halogens is 1. The van der Waals surface area contributed by atoms with Gasteiger partial charge in [0.25, 0.3) is 0 Å². The minimum atomic E-state index is 0.573. The highest BCUT2D eigenvalue weighted by molar-refractivity contribution is 6.29. The van der Waals surface area contributed by atoms with Crippen molar-refractivity contribution in [2.24, 2.45) is 0 Å². The number of nitrogens with zero attached hydrogens (tertiary/aromatic N) is 1. The number of hydrogen-bond acceptors (Lipinski definition) is 3. The van der Waals surface area contributed by atoms with Gasteiger partial charge in [-0.25, -0.2) is 0 Å². The number of nitrogens with one attached hydrogen (secondary N) is 2. The van der Waals surface area contributed by atoms with Crippen LogP contribution in [0.2, 0.25) is 0 Å². The normalized spacial score (nSPS) is 10.7. The molecule has 0 fully saturated rings. The molecule has 90 valence electrons. The Labute approximate surface area is 105 Å². The Morgan fingerprint density at radius 3 is 3.06 bits per heavy atom. The van der Waals surface area contributed by atoms with Crippen LogP contribution in [0.4, 0.5) is 0 Å². The smallest absolute Gasteiger partial charge is 0.152 e. The lowest BCUT2D eigenvalue weighted by Crippen LogP contribution is -2.14. The van der Waals surface area contributed by atoms with Gasteiger partial charge in [-0.05, 0) is 19.1 Å². The summed E-state index contributed by atoms with van der Waals surface area (Å²) in [5.74, 6) is 1.67. The van der Waals surface area contributed by atoms with E-state index in [4.69, 9.17) is 16.0 Å². The molecule has 2 N–H and O–H groups in total. The van der Waals surface area contributed by atoms with Crippen LogP contribution in [0, 0.1) is 6.92 Å². The summed E-state index contributed by atoms with van der Waals surface area (Å²) in [4.78, 5) is 0. The Kier molecular flexibility index (Phi) is 3.66. The molecule has 0 aliphatic carbocycles. The lowest BCUT2D eigenvalue weighted by Gasteiger charge is -2.02. The number of furan rings is 1. The van der Waals surface area contributed by atoms with E-state index >= 15 is 0 Å². The summed E-state index contributed by atoms with van der Waals surface area (Å²) < 4.78 is 5.55. The van der Waals surface area contributed by atoms with E-state index in [1.165, 1.54) is 0 Å². The van der Waals surface area contributed by atoms with Crippen molar-refractivity contribution in [3.63, 3.8) is 0 Å². The Balaban J connectivity index is 2.09. The molecule has 0 amide bonds. The van der Waals surface area contributed by atoms with E-state index in [1.54, 1.807) is 6.20 Å². The largest absolute Gasteiger partial charge is 0.460 e. The zero-order chi connectivity index (χ0) is 12.3. The van der Waals surface area contributed by atoms with Crippen LogP contribution in [-0.4, -0.2) is 16.7 Å². The van der Waals surface area contributed by atoms with Crippen molar-refractivity contribution < 1.29 is 4.42 Å². The van der Waals surface area contributed by atoms with E-state index in [0.29, 0.717) is 18.1 Å². The number of H-pyrrole nitrogens is 1. The SMILES string of the molecule is C=C(Cl)CNCc1cn[nH]c1-c1ccc(C)o1. The summed E-state index contributed by atoms with van der Waals surface area (Å²) >= 11 is 5.68. The first-order valence-corrected chi connectivity index (χ1v) is 5.67. The van der Waals surface area contributed by atoms with E-state index in [2.05, 4.69) is 22.1 Å². The molecule has 0 bridgehead atoms. The molecule has 2 aromatic heterocycles. The van der Waals surface area contributed by atoms with Crippen LogP contribution in [0.1, 0.15) is 11.3 Å². The highest BCUT2D eigenvalue weighted by atomic mass is 35.5. The highest BCUT2D eigenvalue weighted by Gasteiger charge is 2.10. The molecule has 0 radical (unpaired) electrons. The molecule has 0 atom stereocenters. The molecule has 0 aliphatic rings. The summed E-state index contributed by atoms with van der Waals surface area (Å²) in [5.41, 5.74) is 1.93. The maximum Gasteiger partial charge on any atom is 0.152 e. The van der Waals surface area contributed by atoms with Gasteiger partial charge in [0, 0.05) is 23.7 Å². The predicted octanol–water partition coefficient (Wildman–Crippen LogP) is 2.82. The van der Waals surface area contributed by atoms with E-state index < -0.39 is 0 Å². The number of aromatic amines is 1. The minimum Gasteiger partial charge on any atom is -0.460 e. The third kappa shape index (κ3) is 2.99. The van der Waals surface area contributed by atoms with Gasteiger partial charge < -0.3 is 9.73 Å². The van der Waals surface area contributed by atoms with Crippen LogP contribution in [0.3, 0.4) is 0 Å². The molecular weight excluding hydrogens is 238 g/mol. The summed E-state index contributed by atoms with van der Waals surface area (Å²) in [7, 11) is 0. The van der Waals surface area contributed by atoms with E-state index in [9.17, 15) is 0 Å². The summed E-state index contributed by atoms with van der Waals surface area (Å²) in [5, 5.41) is 10.7. The maximum absolute atomic E-state index is 5.68. The first-order valence-electron chi connectivity index (χ1n) is 5.30. The standard InChI is InChI=1S/C12H14ClN3O/c1-8(13)5-14-6-10-7-15-16-12(10)11-4-3-9(2)17-11/h3-4,7,14H,1,5-6H2,2H3,(H,15,16). The van der Waals surface area contributed by atoms with Crippen LogP contribution in [-0.2, 0) is 6.54 Å². The van der Waals surface area contributed by atoms with Gasteiger partial charge in [-0.15, -0.1) is 0 Å². The fourth-order valence-electron chi connectivity index (χ4n) is 1.56. The van der Waals surface area contributed by atoms with Crippen molar-refractivity contribution in [1.82, 2.24) is 15.5 Å². The average Bonchev–Trinajstić information content (AvgIpc) is 2.86. The van der Waals surface area contributed by atoms with Crippen LogP contribution >= 0.6 is 11.6 Å². The Hall–Kier alpha value is -1.52. The van der Waals surface area contributed by atoms with Crippen molar-refractivity contribution in [2.75, 3.05) is 6.54 Å². The first kappa shape index (κ1) is 12.0. The van der Waals surface area contributed by atoms with E-state index in [-0.39, 0.29) is 0 Å². The molecule has 0 saturated carbocycles. The Morgan fingerprint density at radius 2 is 2.41 bits per heavy atom. The highest BCUT2D eigenvalue weighted by Crippen LogP contribution is 2.23. The maximum atomic E-state index is 5.68. The number of hydrogen-bond donors (Lipinski definition) is 2. The molecule has 0 aromatic carbocycles. The fourth-order valence-corrected chi connectivity index (χ4v) is 1.65. The van der Waals surface area contributed by atoms with Gasteiger partial charge in [0.15, 0.2) is 5.76 Å². The molecule has 2 rings (SSSR count). The second kappa shape index (κ2) is 5.21. The second-order valence-electron chi connectivity index (χ2n) is 3.80. The lowest BCUT2D eigenvalue weighted by molar-refractivity contribution is 0.545. The molecule has 0 aliphatic heterocycles. The lowest BCUT2D eigenvalue weighted by atomic mass is 10.2. The zero-order valence-electron chi connectivity index (χ0n) is 9.59. The van der Waals surface area contributed by atoms with Gasteiger partial charge in [-0.3, -0.25) is 5.10 Å². The van der Waals surface area contributed by atoms with Crippen molar-refractivity contribution in [3.05, 3.63) is 41.3 Å². The Bertz CT molecular complexity index is 515. The molecule has 0 unspecified atom stereocenters. The number of rotatable bonds is 5. The molecule has 4 nitrogen and oxygen atoms in total. The average molecular weight is 252 g/mol. The van der Waals surface area contributed by atoms with Gasteiger partial charge in [-0.1, -0.05) is 18.2 Å². The van der Waals surface area contributed by atoms with Gasteiger partial charge in [0.05, 0.1) is 6.20 Å². The quantitative estimate of drug-likeness (QED) is 0.859. The van der Waals surface area contributed by atoms with E-state index in [1.807, 2.05) is 19.1 Å². The van der Waals surface area contributed by atoms with Gasteiger partial charge in [0.2, 0.25) is 0 Å². The predicted molar refractivity (Wildman–Crippen MR) is 67.7 cm³/mol. The topological polar surface area (TPSA) is 53.9 Å². The van der Waals surface area contributed by atoms with Crippen LogP contribution < -0.4 is 5.32 Å². The molecule has 17 heavy (non-hydrogen) atoms. The van der Waals surface area contributed by atoms with Crippen molar-refractivity contribution >= 4 is 11.6 Å². The Morgan fingerprint density at radius 1 is 1.59 bits per heavy atom. The van der Waals surface area contributed by atoms with Gasteiger partial charge in [0.1, 0.15) is 11.5 Å². The van der Waals surface area contributed by atoms with Crippen LogP contribution in [0.15, 0.2) is 34.4 Å². The summed E-state index contributed by atoms with van der Waals surface area (Å²) in [6, 6.07) is 3.85. The minimum absolute atomic E-state index is 0.573. The number of aryl methyl sites for hydroxylation is 1. The fraction of sp³-hybridized carbons (Fsp3) is 0.250. The summed E-state index contributed by atoms with van der Waals surface area (Å²) in [6.07, 6.45) is 1.77. The van der Waals surface area contributed by atoms with E-state index in [0.717, 1.165) is 22.8 Å². The third-order valence-electron chi connectivity index (χ3n) is 2.34. The van der Waals surface area contributed by atoms with Gasteiger partial charge >= 0.3 is 0 Å². The molecule has 2 heterocycles. The molecule has 5 heteroatoms. The number of aromatic nitrogens is 2. The zero-order valence-corrected chi connectivity index (χ0v) is 10.3. The molecule has 2 aromatic rings. The molecular formula is C12H14ClN3O. The first-order chi connectivity index (χ1) is 8.16. The van der Waals surface area contributed by atoms with Crippen molar-refractivity contribution in [1.29, 1.82) is 0 Å². The molecule has 0 spiro atoms. The monoisotopic (exact) mass is 251 g/mol. The second-order valence-corrected chi connectivity index (χ2v) is 4.34. The summed E-state index contributed by atoms with van der Waals surface area (Å²) in [6.45, 7) is 6.77. The molecule has 0 saturated heterocycles. The van der Waals surface area contributed by atoms with Crippen LogP contribution in [0.5, 0.6) is 0 Å². The van der Waals surface area contributed by atoms with Crippen LogP contribution in [0.25, 0.3) is 11.5 Å². The van der Waals surface area contributed by atoms with Gasteiger partial charge in [-0.2, -0.15) is 5.10 Å². The third-order valence-corrected chi connectivity index (χ3v) is 2.47.